The Morgan fingerprint density at radius 3 is 2.39 bits per heavy atom. The molecule has 3 nitrogen and oxygen atoms in total. The van der Waals surface area contributed by atoms with Gasteiger partial charge in [-0.3, -0.25) is 4.79 Å². The lowest BCUT2D eigenvalue weighted by molar-refractivity contribution is -0.689. The van der Waals surface area contributed by atoms with Crippen molar-refractivity contribution in [2.75, 3.05) is 0 Å². The molecule has 0 aliphatic carbocycles. The number of fused-ring (bicyclic) bond motifs is 1. The second-order valence-corrected chi connectivity index (χ2v) is 7.18. The van der Waals surface area contributed by atoms with E-state index in [-0.39, 0.29) is 5.78 Å². The van der Waals surface area contributed by atoms with Crippen molar-refractivity contribution in [3.05, 3.63) is 89.7 Å². The lowest BCUT2D eigenvalue weighted by atomic mass is 10.0. The number of aryl methyl sites for hydroxylation is 2. The van der Waals surface area contributed by atoms with Crippen LogP contribution in [0.25, 0.3) is 22.2 Å². The van der Waals surface area contributed by atoms with Crippen molar-refractivity contribution in [3.63, 3.8) is 0 Å². The second-order valence-electron chi connectivity index (χ2n) is 7.18. The Morgan fingerprint density at radius 1 is 0.929 bits per heavy atom. The molecule has 0 bridgehead atoms. The Morgan fingerprint density at radius 2 is 1.64 bits per heavy atom. The highest BCUT2D eigenvalue weighted by Gasteiger charge is 2.25. The molecular weight excluding hydrogens is 344 g/mol. The Hall–Kier alpha value is -3.20. The number of nitrogens with zero attached hydrogens (tertiary/aromatic N) is 2. The minimum absolute atomic E-state index is 0.140. The van der Waals surface area contributed by atoms with Crippen molar-refractivity contribution in [1.82, 2.24) is 4.57 Å². The third-order valence-electron chi connectivity index (χ3n) is 5.54. The number of para-hydroxylation sites is 1. The number of aromatic nitrogens is 2. The van der Waals surface area contributed by atoms with E-state index >= 15 is 0 Å². The lowest BCUT2D eigenvalue weighted by Crippen LogP contribution is -2.41. The van der Waals surface area contributed by atoms with Crippen LogP contribution < -0.4 is 4.57 Å². The monoisotopic (exact) mass is 369 g/mol. The molecule has 0 amide bonds. The van der Waals surface area contributed by atoms with Crippen LogP contribution in [0.2, 0.25) is 0 Å². The van der Waals surface area contributed by atoms with E-state index in [2.05, 4.69) is 55.7 Å². The first-order chi connectivity index (χ1) is 13.6. The van der Waals surface area contributed by atoms with Gasteiger partial charge >= 0.3 is 0 Å². The van der Waals surface area contributed by atoms with Crippen molar-refractivity contribution in [2.24, 2.45) is 0 Å². The summed E-state index contributed by atoms with van der Waals surface area (Å²) in [6, 6.07) is 22.5. The highest BCUT2D eigenvalue weighted by Crippen LogP contribution is 2.34. The van der Waals surface area contributed by atoms with Crippen LogP contribution >= 0.6 is 0 Å². The van der Waals surface area contributed by atoms with Gasteiger partial charge < -0.3 is 4.57 Å². The summed E-state index contributed by atoms with van der Waals surface area (Å²) >= 11 is 0. The van der Waals surface area contributed by atoms with E-state index in [9.17, 15) is 4.79 Å². The number of Topliss-reactive ketones (excluding diaryl/α,β-unsaturated/α-hetero) is 1. The van der Waals surface area contributed by atoms with Gasteiger partial charge in [-0.25, -0.2) is 0 Å². The first-order valence-corrected chi connectivity index (χ1v) is 9.77. The maximum absolute atomic E-state index is 13.6. The molecule has 0 unspecified atom stereocenters. The molecular formula is C25H25N2O+. The highest BCUT2D eigenvalue weighted by molar-refractivity contribution is 6.13. The van der Waals surface area contributed by atoms with E-state index in [1.165, 1.54) is 5.56 Å². The molecule has 2 aromatic carbocycles. The molecule has 4 rings (SSSR count). The van der Waals surface area contributed by atoms with Gasteiger partial charge in [0.25, 0.3) is 0 Å². The molecule has 0 aliphatic rings. The zero-order chi connectivity index (χ0) is 19.7. The highest BCUT2D eigenvalue weighted by atomic mass is 16.1. The van der Waals surface area contributed by atoms with Crippen molar-refractivity contribution in [1.29, 1.82) is 0 Å². The number of ketones is 1. The Kier molecular flexibility index (Phi) is 4.82. The molecule has 2 aromatic heterocycles. The van der Waals surface area contributed by atoms with Crippen LogP contribution in [0.15, 0.2) is 72.9 Å². The first-order valence-electron chi connectivity index (χ1n) is 9.77. The van der Waals surface area contributed by atoms with E-state index in [0.29, 0.717) is 6.54 Å². The summed E-state index contributed by atoms with van der Waals surface area (Å²) in [6.07, 6.45) is 1.99. The molecule has 0 spiro atoms. The second kappa shape index (κ2) is 7.43. The van der Waals surface area contributed by atoms with Crippen LogP contribution in [0.4, 0.5) is 0 Å². The molecule has 0 aliphatic heterocycles. The maximum Gasteiger partial charge on any atom is 0.230 e. The zero-order valence-electron chi connectivity index (χ0n) is 16.6. The van der Waals surface area contributed by atoms with Crippen molar-refractivity contribution in [3.8, 4) is 11.3 Å². The molecule has 0 saturated heterocycles. The largest absolute Gasteiger partial charge is 0.340 e. The van der Waals surface area contributed by atoms with Crippen LogP contribution in [-0.4, -0.2) is 10.4 Å². The quantitative estimate of drug-likeness (QED) is 0.354. The summed E-state index contributed by atoms with van der Waals surface area (Å²) in [5, 5.41) is 1.03. The maximum atomic E-state index is 13.6. The topological polar surface area (TPSA) is 25.9 Å². The molecule has 3 heteroatoms. The van der Waals surface area contributed by atoms with Gasteiger partial charge in [0, 0.05) is 36.0 Å². The summed E-state index contributed by atoms with van der Waals surface area (Å²) in [5.41, 5.74) is 6.33. The summed E-state index contributed by atoms with van der Waals surface area (Å²) in [7, 11) is 0. The van der Waals surface area contributed by atoms with E-state index in [1.807, 2.05) is 47.2 Å². The number of rotatable bonds is 5. The molecule has 0 atom stereocenters. The summed E-state index contributed by atoms with van der Waals surface area (Å²) in [4.78, 5) is 13.6. The minimum atomic E-state index is 0.140. The van der Waals surface area contributed by atoms with Gasteiger partial charge in [-0.05, 0) is 31.5 Å². The third kappa shape index (κ3) is 3.03. The fraction of sp³-hybridized carbons (Fsp3) is 0.200. The van der Waals surface area contributed by atoms with Crippen LogP contribution in [0.1, 0.15) is 28.5 Å². The Balaban J connectivity index is 1.93. The van der Waals surface area contributed by atoms with Crippen LogP contribution in [0.3, 0.4) is 0 Å². The predicted octanol–water partition coefficient (Wildman–Crippen LogP) is 5.12. The van der Waals surface area contributed by atoms with E-state index in [1.54, 1.807) is 0 Å². The number of hydrogen-bond acceptors (Lipinski definition) is 1. The number of benzene rings is 2. The van der Waals surface area contributed by atoms with Gasteiger partial charge in [0.05, 0.1) is 11.3 Å². The van der Waals surface area contributed by atoms with E-state index in [4.69, 9.17) is 0 Å². The number of hydrogen-bond donors (Lipinski definition) is 0. The molecule has 28 heavy (non-hydrogen) atoms. The molecule has 0 N–H and O–H groups in total. The first kappa shape index (κ1) is 18.2. The standard InChI is InChI=1S/C25H25N2O/c1-4-27-22-15-9-8-14-21(22)24(25(27)20-12-6-5-7-13-20)23(28)17-26-16-10-11-18(2)19(26)3/h5-16H,4,17H2,1-3H3/q+1. The van der Waals surface area contributed by atoms with Crippen LogP contribution in [0.5, 0.6) is 0 Å². The summed E-state index contributed by atoms with van der Waals surface area (Å²) < 4.78 is 4.30. The third-order valence-corrected chi connectivity index (χ3v) is 5.54. The summed E-state index contributed by atoms with van der Waals surface area (Å²) in [6.45, 7) is 7.43. The van der Waals surface area contributed by atoms with Gasteiger partial charge in [0.15, 0.2) is 11.9 Å². The number of carbonyl (C=O) groups is 1. The van der Waals surface area contributed by atoms with Crippen LogP contribution in [0, 0.1) is 13.8 Å². The lowest BCUT2D eigenvalue weighted by Gasteiger charge is -2.10. The Bertz CT molecular complexity index is 1160. The molecule has 0 radical (unpaired) electrons. The van der Waals surface area contributed by atoms with Crippen LogP contribution in [-0.2, 0) is 13.1 Å². The van der Waals surface area contributed by atoms with Gasteiger partial charge in [0.2, 0.25) is 12.3 Å². The van der Waals surface area contributed by atoms with Gasteiger partial charge in [-0.2, -0.15) is 4.57 Å². The van der Waals surface area contributed by atoms with E-state index in [0.717, 1.165) is 40.0 Å². The number of carbonyl (C=O) groups excluding carboxylic acids is 1. The van der Waals surface area contributed by atoms with Gasteiger partial charge in [-0.1, -0.05) is 48.5 Å². The van der Waals surface area contributed by atoms with Crippen molar-refractivity contribution < 1.29 is 9.36 Å². The minimum Gasteiger partial charge on any atom is -0.340 e. The molecule has 2 heterocycles. The predicted molar refractivity (Wildman–Crippen MR) is 113 cm³/mol. The van der Waals surface area contributed by atoms with Gasteiger partial charge in [-0.15, -0.1) is 0 Å². The zero-order valence-corrected chi connectivity index (χ0v) is 16.6. The normalized spacial score (nSPS) is 11.1. The molecule has 0 fully saturated rings. The fourth-order valence-electron chi connectivity index (χ4n) is 3.97. The summed E-state index contributed by atoms with van der Waals surface area (Å²) in [5.74, 6) is 0.140. The van der Waals surface area contributed by atoms with Crippen molar-refractivity contribution >= 4 is 16.7 Å². The average molecular weight is 369 g/mol. The van der Waals surface area contributed by atoms with Crippen molar-refractivity contribution in [2.45, 2.75) is 33.9 Å². The SMILES string of the molecule is CCn1c(-c2ccccc2)c(C(=O)C[n+]2cccc(C)c2C)c2ccccc21. The molecule has 0 saturated carbocycles. The smallest absolute Gasteiger partial charge is 0.230 e. The van der Waals surface area contributed by atoms with Gasteiger partial charge in [0.1, 0.15) is 0 Å². The molecule has 4 aromatic rings. The Labute approximate surface area is 165 Å². The number of pyridine rings is 1. The molecule has 140 valence electrons. The average Bonchev–Trinajstić information content (AvgIpc) is 3.06. The fourth-order valence-corrected chi connectivity index (χ4v) is 3.97. The van der Waals surface area contributed by atoms with E-state index < -0.39 is 0 Å².